The van der Waals surface area contributed by atoms with E-state index in [9.17, 15) is 4.79 Å². The number of hydrogen-bond donors (Lipinski definition) is 1. The standard InChI is InChI=1S/C17H20N4O2S/c1-4-11(5-2)15(22)18-16-19-17-21(20-16)14(10-24-17)12-7-6-8-13(9-12)23-3/h6-11H,4-5H2,1-3H3,(H,18,20,22). The van der Waals surface area contributed by atoms with Crippen LogP contribution < -0.4 is 10.1 Å². The fourth-order valence-electron chi connectivity index (χ4n) is 2.59. The molecule has 0 aliphatic heterocycles. The average Bonchev–Trinajstić information content (AvgIpc) is 3.16. The highest BCUT2D eigenvalue weighted by Gasteiger charge is 2.18. The van der Waals surface area contributed by atoms with Crippen molar-refractivity contribution in [2.45, 2.75) is 26.7 Å². The van der Waals surface area contributed by atoms with E-state index in [1.54, 1.807) is 11.6 Å². The van der Waals surface area contributed by atoms with Gasteiger partial charge in [0.15, 0.2) is 0 Å². The zero-order valence-electron chi connectivity index (χ0n) is 13.9. The van der Waals surface area contributed by atoms with E-state index in [0.717, 1.165) is 34.8 Å². The van der Waals surface area contributed by atoms with E-state index in [1.165, 1.54) is 11.3 Å². The Morgan fingerprint density at radius 3 is 2.88 bits per heavy atom. The highest BCUT2D eigenvalue weighted by atomic mass is 32.1. The normalized spacial score (nSPS) is 11.2. The van der Waals surface area contributed by atoms with Crippen molar-refractivity contribution in [1.82, 2.24) is 14.6 Å². The molecule has 3 aromatic rings. The molecule has 0 radical (unpaired) electrons. The molecular weight excluding hydrogens is 324 g/mol. The Bertz CT molecular complexity index is 851. The smallest absolute Gasteiger partial charge is 0.250 e. The highest BCUT2D eigenvalue weighted by Crippen LogP contribution is 2.28. The van der Waals surface area contributed by atoms with Crippen LogP contribution in [0.3, 0.4) is 0 Å². The summed E-state index contributed by atoms with van der Waals surface area (Å²) in [6, 6.07) is 7.78. The Labute approximate surface area is 144 Å². The maximum Gasteiger partial charge on any atom is 0.250 e. The van der Waals surface area contributed by atoms with Crippen LogP contribution in [0.25, 0.3) is 16.2 Å². The van der Waals surface area contributed by atoms with Gasteiger partial charge in [-0.15, -0.1) is 16.4 Å². The summed E-state index contributed by atoms with van der Waals surface area (Å²) in [6.07, 6.45) is 1.61. The molecule has 2 heterocycles. The zero-order valence-corrected chi connectivity index (χ0v) is 14.8. The summed E-state index contributed by atoms with van der Waals surface area (Å²) in [5.74, 6) is 1.10. The summed E-state index contributed by atoms with van der Waals surface area (Å²) >= 11 is 1.49. The van der Waals surface area contributed by atoms with Gasteiger partial charge in [-0.1, -0.05) is 26.0 Å². The molecule has 0 fully saturated rings. The van der Waals surface area contributed by atoms with Crippen molar-refractivity contribution in [1.29, 1.82) is 0 Å². The molecule has 1 amide bonds. The number of amides is 1. The van der Waals surface area contributed by atoms with Gasteiger partial charge in [0.2, 0.25) is 16.8 Å². The summed E-state index contributed by atoms with van der Waals surface area (Å²) in [5.41, 5.74) is 1.91. The van der Waals surface area contributed by atoms with Crippen LogP contribution in [0.4, 0.5) is 5.95 Å². The van der Waals surface area contributed by atoms with Crippen LogP contribution in [0.1, 0.15) is 26.7 Å². The number of carbonyl (C=O) groups excluding carboxylic acids is 1. The number of anilines is 1. The number of rotatable bonds is 6. The van der Waals surface area contributed by atoms with Crippen LogP contribution in [0.2, 0.25) is 0 Å². The lowest BCUT2D eigenvalue weighted by Crippen LogP contribution is -2.22. The van der Waals surface area contributed by atoms with Crippen molar-refractivity contribution in [3.8, 4) is 17.0 Å². The maximum absolute atomic E-state index is 12.2. The quantitative estimate of drug-likeness (QED) is 0.737. The first kappa shape index (κ1) is 16.4. The average molecular weight is 344 g/mol. The second kappa shape index (κ2) is 7.00. The number of nitrogens with zero attached hydrogens (tertiary/aromatic N) is 3. The lowest BCUT2D eigenvalue weighted by molar-refractivity contribution is -0.120. The molecule has 0 bridgehead atoms. The van der Waals surface area contributed by atoms with E-state index < -0.39 is 0 Å². The molecule has 24 heavy (non-hydrogen) atoms. The molecule has 0 aliphatic carbocycles. The Morgan fingerprint density at radius 2 is 2.17 bits per heavy atom. The Morgan fingerprint density at radius 1 is 1.38 bits per heavy atom. The van der Waals surface area contributed by atoms with Crippen molar-refractivity contribution in [3.05, 3.63) is 29.6 Å². The van der Waals surface area contributed by atoms with Crippen molar-refractivity contribution >= 4 is 28.2 Å². The fraction of sp³-hybridized carbons (Fsp3) is 0.353. The molecule has 1 N–H and O–H groups in total. The van der Waals surface area contributed by atoms with Gasteiger partial charge in [0.05, 0.1) is 12.8 Å². The number of fused-ring (bicyclic) bond motifs is 1. The van der Waals surface area contributed by atoms with E-state index in [2.05, 4.69) is 15.4 Å². The zero-order chi connectivity index (χ0) is 17.1. The summed E-state index contributed by atoms with van der Waals surface area (Å²) in [5, 5.41) is 9.26. The molecule has 0 atom stereocenters. The highest BCUT2D eigenvalue weighted by molar-refractivity contribution is 7.15. The second-order valence-corrected chi connectivity index (χ2v) is 6.32. The Balaban J connectivity index is 1.90. The van der Waals surface area contributed by atoms with Crippen LogP contribution in [0, 0.1) is 5.92 Å². The van der Waals surface area contributed by atoms with Crippen LogP contribution in [0.15, 0.2) is 29.6 Å². The predicted octanol–water partition coefficient (Wildman–Crippen LogP) is 3.84. The van der Waals surface area contributed by atoms with Crippen molar-refractivity contribution < 1.29 is 9.53 Å². The Hall–Kier alpha value is -2.41. The molecule has 2 aromatic heterocycles. The van der Waals surface area contributed by atoms with E-state index >= 15 is 0 Å². The molecule has 6 nitrogen and oxygen atoms in total. The topological polar surface area (TPSA) is 68.5 Å². The van der Waals surface area contributed by atoms with Crippen LogP contribution in [-0.2, 0) is 4.79 Å². The molecule has 0 spiro atoms. The molecule has 0 saturated carbocycles. The largest absolute Gasteiger partial charge is 0.497 e. The third kappa shape index (κ3) is 3.12. The van der Waals surface area contributed by atoms with Gasteiger partial charge >= 0.3 is 0 Å². The predicted molar refractivity (Wildman–Crippen MR) is 95.6 cm³/mol. The van der Waals surface area contributed by atoms with Crippen LogP contribution in [-0.4, -0.2) is 27.6 Å². The number of benzene rings is 1. The van der Waals surface area contributed by atoms with Crippen molar-refractivity contribution in [2.24, 2.45) is 5.92 Å². The van der Waals surface area contributed by atoms with E-state index in [1.807, 2.05) is 43.5 Å². The molecule has 0 aliphatic rings. The van der Waals surface area contributed by atoms with Gasteiger partial charge in [0.1, 0.15) is 5.75 Å². The number of nitrogens with one attached hydrogen (secondary N) is 1. The maximum atomic E-state index is 12.2. The minimum atomic E-state index is -0.0267. The van der Waals surface area contributed by atoms with Crippen molar-refractivity contribution in [2.75, 3.05) is 12.4 Å². The van der Waals surface area contributed by atoms with Crippen LogP contribution >= 0.6 is 11.3 Å². The number of carbonyl (C=O) groups is 1. The fourth-order valence-corrected chi connectivity index (χ4v) is 3.42. The molecule has 3 rings (SSSR count). The summed E-state index contributed by atoms with van der Waals surface area (Å²) in [7, 11) is 1.64. The number of thiazole rings is 1. The lowest BCUT2D eigenvalue weighted by atomic mass is 10.0. The molecule has 1 aromatic carbocycles. The third-order valence-corrected chi connectivity index (χ3v) is 4.85. The minimum Gasteiger partial charge on any atom is -0.497 e. The number of hydrogen-bond acceptors (Lipinski definition) is 5. The monoisotopic (exact) mass is 344 g/mol. The minimum absolute atomic E-state index is 0.00982. The van der Waals surface area contributed by atoms with Gasteiger partial charge in [-0.25, -0.2) is 4.52 Å². The SMILES string of the molecule is CCC(CC)C(=O)Nc1nc2scc(-c3cccc(OC)c3)n2n1. The Kier molecular flexibility index (Phi) is 4.80. The van der Waals surface area contributed by atoms with Gasteiger partial charge < -0.3 is 4.74 Å². The van der Waals surface area contributed by atoms with Gasteiger partial charge in [0, 0.05) is 16.9 Å². The summed E-state index contributed by atoms with van der Waals surface area (Å²) < 4.78 is 7.03. The lowest BCUT2D eigenvalue weighted by Gasteiger charge is -2.09. The molecule has 126 valence electrons. The summed E-state index contributed by atoms with van der Waals surface area (Å²) in [4.78, 5) is 17.3. The van der Waals surface area contributed by atoms with Gasteiger partial charge in [-0.05, 0) is 25.0 Å². The van der Waals surface area contributed by atoms with E-state index in [-0.39, 0.29) is 11.8 Å². The van der Waals surface area contributed by atoms with Crippen molar-refractivity contribution in [3.63, 3.8) is 0 Å². The number of aromatic nitrogens is 3. The summed E-state index contributed by atoms with van der Waals surface area (Å²) in [6.45, 7) is 4.02. The molecule has 0 saturated heterocycles. The van der Waals surface area contributed by atoms with Gasteiger partial charge in [-0.2, -0.15) is 4.98 Å². The van der Waals surface area contributed by atoms with Gasteiger partial charge in [0.25, 0.3) is 0 Å². The molecular formula is C17H20N4O2S. The molecule has 7 heteroatoms. The van der Waals surface area contributed by atoms with E-state index in [0.29, 0.717) is 5.95 Å². The van der Waals surface area contributed by atoms with E-state index in [4.69, 9.17) is 4.74 Å². The first-order valence-electron chi connectivity index (χ1n) is 7.95. The first-order valence-corrected chi connectivity index (χ1v) is 8.83. The third-order valence-electron chi connectivity index (χ3n) is 4.04. The number of ether oxygens (including phenoxy) is 1. The van der Waals surface area contributed by atoms with Crippen LogP contribution in [0.5, 0.6) is 5.75 Å². The first-order chi connectivity index (χ1) is 11.7. The van der Waals surface area contributed by atoms with Gasteiger partial charge in [-0.3, -0.25) is 10.1 Å². The molecule has 0 unspecified atom stereocenters. The second-order valence-electron chi connectivity index (χ2n) is 5.49. The number of methoxy groups -OCH3 is 1.